The molecule has 0 bridgehead atoms. The summed E-state index contributed by atoms with van der Waals surface area (Å²) in [4.78, 5) is 4.37. The standard InChI is InChI=1S/C11H19N3O2/c1-7(2)8(12)9-13-10(14-16-9)11(15-3)5-4-6-11/h7-8H,4-6,12H2,1-3H3/t8-/m0/s1. The van der Waals surface area contributed by atoms with Gasteiger partial charge in [-0.05, 0) is 25.2 Å². The van der Waals surface area contributed by atoms with Crippen LogP contribution in [0, 0.1) is 5.92 Å². The number of hydrogen-bond donors (Lipinski definition) is 1. The third-order valence-corrected chi connectivity index (χ3v) is 3.40. The van der Waals surface area contributed by atoms with E-state index in [2.05, 4.69) is 10.1 Å². The van der Waals surface area contributed by atoms with Gasteiger partial charge in [-0.2, -0.15) is 4.98 Å². The maximum Gasteiger partial charge on any atom is 0.243 e. The van der Waals surface area contributed by atoms with E-state index in [1.807, 2.05) is 13.8 Å². The van der Waals surface area contributed by atoms with E-state index in [-0.39, 0.29) is 17.6 Å². The van der Waals surface area contributed by atoms with Crippen molar-refractivity contribution in [3.05, 3.63) is 11.7 Å². The second kappa shape index (κ2) is 4.14. The Bertz CT molecular complexity index is 352. The minimum Gasteiger partial charge on any atom is -0.370 e. The fraction of sp³-hybridized carbons (Fsp3) is 0.818. The Morgan fingerprint density at radius 3 is 2.56 bits per heavy atom. The lowest BCUT2D eigenvalue weighted by molar-refractivity contribution is -0.0858. The maximum absolute atomic E-state index is 5.96. The normalized spacial score (nSPS) is 20.8. The van der Waals surface area contributed by atoms with Crippen molar-refractivity contribution in [1.82, 2.24) is 10.1 Å². The Morgan fingerprint density at radius 2 is 2.12 bits per heavy atom. The molecule has 1 fully saturated rings. The summed E-state index contributed by atoms with van der Waals surface area (Å²) in [5.74, 6) is 1.44. The molecule has 1 aliphatic carbocycles. The summed E-state index contributed by atoms with van der Waals surface area (Å²) in [6, 6.07) is -0.199. The molecule has 16 heavy (non-hydrogen) atoms. The van der Waals surface area contributed by atoms with Crippen LogP contribution in [0.1, 0.15) is 50.9 Å². The summed E-state index contributed by atoms with van der Waals surface area (Å²) in [6.45, 7) is 4.06. The van der Waals surface area contributed by atoms with Gasteiger partial charge < -0.3 is 15.0 Å². The third-order valence-electron chi connectivity index (χ3n) is 3.40. The summed E-state index contributed by atoms with van der Waals surface area (Å²) >= 11 is 0. The van der Waals surface area contributed by atoms with Gasteiger partial charge in [-0.25, -0.2) is 0 Å². The molecule has 0 aliphatic heterocycles. The molecule has 2 rings (SSSR count). The van der Waals surface area contributed by atoms with Crippen molar-refractivity contribution < 1.29 is 9.26 Å². The smallest absolute Gasteiger partial charge is 0.243 e. The number of nitrogens with two attached hydrogens (primary N) is 1. The van der Waals surface area contributed by atoms with Crippen molar-refractivity contribution in [3.63, 3.8) is 0 Å². The van der Waals surface area contributed by atoms with Crippen LogP contribution in [-0.4, -0.2) is 17.3 Å². The number of hydrogen-bond acceptors (Lipinski definition) is 5. The van der Waals surface area contributed by atoms with Crippen LogP contribution in [0.5, 0.6) is 0 Å². The van der Waals surface area contributed by atoms with E-state index in [9.17, 15) is 0 Å². The molecule has 5 heteroatoms. The van der Waals surface area contributed by atoms with Gasteiger partial charge in [0, 0.05) is 7.11 Å². The monoisotopic (exact) mass is 225 g/mol. The number of ether oxygens (including phenoxy) is 1. The Kier molecular flexibility index (Phi) is 2.99. The van der Waals surface area contributed by atoms with Gasteiger partial charge in [0.1, 0.15) is 5.60 Å². The largest absolute Gasteiger partial charge is 0.370 e. The SMILES string of the molecule is COC1(c2noc([C@@H](N)C(C)C)n2)CCC1. The first kappa shape index (κ1) is 11.5. The average Bonchev–Trinajstić information content (AvgIpc) is 2.65. The molecule has 1 aromatic rings. The Hall–Kier alpha value is -0.940. The molecule has 1 saturated carbocycles. The summed E-state index contributed by atoms with van der Waals surface area (Å²) < 4.78 is 10.7. The van der Waals surface area contributed by atoms with Gasteiger partial charge in [-0.1, -0.05) is 19.0 Å². The molecular formula is C11H19N3O2. The lowest BCUT2D eigenvalue weighted by atomic mass is 9.79. The van der Waals surface area contributed by atoms with E-state index >= 15 is 0 Å². The second-order valence-electron chi connectivity index (χ2n) is 4.78. The second-order valence-corrected chi connectivity index (χ2v) is 4.78. The van der Waals surface area contributed by atoms with Gasteiger partial charge in [0.05, 0.1) is 6.04 Å². The van der Waals surface area contributed by atoms with E-state index in [0.29, 0.717) is 11.7 Å². The van der Waals surface area contributed by atoms with Crippen LogP contribution in [0.15, 0.2) is 4.52 Å². The topological polar surface area (TPSA) is 74.2 Å². The Labute approximate surface area is 95.3 Å². The van der Waals surface area contributed by atoms with Crippen molar-refractivity contribution >= 4 is 0 Å². The Morgan fingerprint density at radius 1 is 1.44 bits per heavy atom. The number of aromatic nitrogens is 2. The highest BCUT2D eigenvalue weighted by molar-refractivity contribution is 5.07. The van der Waals surface area contributed by atoms with Gasteiger partial charge >= 0.3 is 0 Å². The average molecular weight is 225 g/mol. The van der Waals surface area contributed by atoms with Gasteiger partial charge in [-0.15, -0.1) is 0 Å². The molecular weight excluding hydrogens is 206 g/mol. The molecule has 90 valence electrons. The van der Waals surface area contributed by atoms with Crippen LogP contribution in [-0.2, 0) is 10.3 Å². The third kappa shape index (κ3) is 1.74. The van der Waals surface area contributed by atoms with Gasteiger partial charge in [0.2, 0.25) is 11.7 Å². The van der Waals surface area contributed by atoms with Crippen LogP contribution in [0.4, 0.5) is 0 Å². The minimum absolute atomic E-state index is 0.199. The molecule has 0 saturated heterocycles. The summed E-state index contributed by atoms with van der Waals surface area (Å²) in [5, 5.41) is 3.99. The number of rotatable bonds is 4. The molecule has 0 aromatic carbocycles. The highest BCUT2D eigenvalue weighted by atomic mass is 16.5. The quantitative estimate of drug-likeness (QED) is 0.845. The number of methoxy groups -OCH3 is 1. The van der Waals surface area contributed by atoms with E-state index in [0.717, 1.165) is 19.3 Å². The molecule has 1 heterocycles. The van der Waals surface area contributed by atoms with Crippen LogP contribution in [0.2, 0.25) is 0 Å². The van der Waals surface area contributed by atoms with Gasteiger partial charge in [-0.3, -0.25) is 0 Å². The highest BCUT2D eigenvalue weighted by Gasteiger charge is 2.43. The predicted octanol–water partition coefficient (Wildman–Crippen LogP) is 1.75. The van der Waals surface area contributed by atoms with Crippen molar-refractivity contribution in [1.29, 1.82) is 0 Å². The lowest BCUT2D eigenvalue weighted by Gasteiger charge is -2.37. The molecule has 1 aromatic heterocycles. The van der Waals surface area contributed by atoms with Crippen LogP contribution < -0.4 is 5.73 Å². The van der Waals surface area contributed by atoms with E-state index in [4.69, 9.17) is 15.0 Å². The van der Waals surface area contributed by atoms with Crippen LogP contribution in [0.3, 0.4) is 0 Å². The molecule has 2 N–H and O–H groups in total. The predicted molar refractivity (Wildman–Crippen MR) is 58.6 cm³/mol. The van der Waals surface area contributed by atoms with E-state index in [1.165, 1.54) is 0 Å². The molecule has 1 atom stereocenters. The Balaban J connectivity index is 2.19. The van der Waals surface area contributed by atoms with Crippen molar-refractivity contribution in [3.8, 4) is 0 Å². The van der Waals surface area contributed by atoms with Crippen LogP contribution in [0.25, 0.3) is 0 Å². The zero-order valence-electron chi connectivity index (χ0n) is 10.1. The van der Waals surface area contributed by atoms with Crippen molar-refractivity contribution in [2.75, 3.05) is 7.11 Å². The molecule has 0 spiro atoms. The zero-order chi connectivity index (χ0) is 11.8. The lowest BCUT2D eigenvalue weighted by Crippen LogP contribution is -2.37. The molecule has 1 aliphatic rings. The first-order chi connectivity index (χ1) is 7.59. The zero-order valence-corrected chi connectivity index (χ0v) is 10.1. The minimum atomic E-state index is -0.321. The molecule has 0 amide bonds. The highest BCUT2D eigenvalue weighted by Crippen LogP contribution is 2.42. The van der Waals surface area contributed by atoms with E-state index in [1.54, 1.807) is 7.11 Å². The van der Waals surface area contributed by atoms with Gasteiger partial charge in [0.25, 0.3) is 0 Å². The summed E-state index contributed by atoms with van der Waals surface area (Å²) in [6.07, 6.45) is 3.06. The number of nitrogens with zero attached hydrogens (tertiary/aromatic N) is 2. The van der Waals surface area contributed by atoms with E-state index < -0.39 is 0 Å². The van der Waals surface area contributed by atoms with Crippen LogP contribution >= 0.6 is 0 Å². The molecule has 5 nitrogen and oxygen atoms in total. The fourth-order valence-electron chi connectivity index (χ4n) is 1.86. The first-order valence-electron chi connectivity index (χ1n) is 5.74. The maximum atomic E-state index is 5.96. The summed E-state index contributed by atoms with van der Waals surface area (Å²) in [5.41, 5.74) is 5.64. The first-order valence-corrected chi connectivity index (χ1v) is 5.74. The van der Waals surface area contributed by atoms with Crippen molar-refractivity contribution in [2.24, 2.45) is 11.7 Å². The van der Waals surface area contributed by atoms with Crippen molar-refractivity contribution in [2.45, 2.75) is 44.8 Å². The fourth-order valence-corrected chi connectivity index (χ4v) is 1.86. The molecule has 0 unspecified atom stereocenters. The molecule has 0 radical (unpaired) electrons. The van der Waals surface area contributed by atoms with Gasteiger partial charge in [0.15, 0.2) is 0 Å². The summed E-state index contributed by atoms with van der Waals surface area (Å²) in [7, 11) is 1.69.